The fourth-order valence-corrected chi connectivity index (χ4v) is 3.09. The zero-order valence-corrected chi connectivity index (χ0v) is 15.8. The summed E-state index contributed by atoms with van der Waals surface area (Å²) in [6.45, 7) is 0. The quantitative estimate of drug-likeness (QED) is 0.490. The van der Waals surface area contributed by atoms with E-state index < -0.39 is 0 Å². The molecule has 0 unspecified atom stereocenters. The van der Waals surface area contributed by atoms with Gasteiger partial charge < -0.3 is 4.90 Å². The summed E-state index contributed by atoms with van der Waals surface area (Å²) >= 11 is 12.0. The minimum absolute atomic E-state index is 0.206. The van der Waals surface area contributed by atoms with Gasteiger partial charge in [0.15, 0.2) is 0 Å². The van der Waals surface area contributed by atoms with Crippen molar-refractivity contribution < 1.29 is 4.79 Å². The Hall–Kier alpha value is -2.89. The lowest BCUT2D eigenvalue weighted by molar-refractivity contribution is 0.0988. The van der Waals surface area contributed by atoms with E-state index in [1.807, 2.05) is 12.1 Å². The second-order valence-electron chi connectivity index (χ2n) is 5.95. The van der Waals surface area contributed by atoms with E-state index in [1.165, 1.54) is 0 Å². The van der Waals surface area contributed by atoms with Gasteiger partial charge in [0.2, 0.25) is 5.78 Å². The Morgan fingerprint density at radius 1 is 1.00 bits per heavy atom. The Bertz CT molecular complexity index is 1120. The summed E-state index contributed by atoms with van der Waals surface area (Å²) < 4.78 is 1.69. The first kappa shape index (κ1) is 17.5. The molecule has 2 aromatic heterocycles. The number of fused-ring (bicyclic) bond motifs is 1. The van der Waals surface area contributed by atoms with E-state index in [4.69, 9.17) is 23.2 Å². The van der Waals surface area contributed by atoms with Crippen LogP contribution in [0, 0.1) is 0 Å². The number of carbonyl (C=O) groups excluding carboxylic acids is 1. The summed E-state index contributed by atoms with van der Waals surface area (Å²) in [6, 6.07) is 16.1. The zero-order chi connectivity index (χ0) is 19.0. The van der Waals surface area contributed by atoms with Crippen LogP contribution < -0.4 is 4.90 Å². The van der Waals surface area contributed by atoms with E-state index in [0.717, 1.165) is 11.3 Å². The van der Waals surface area contributed by atoms with Crippen molar-refractivity contribution in [2.75, 3.05) is 11.9 Å². The van der Waals surface area contributed by atoms with E-state index in [1.54, 1.807) is 71.2 Å². The predicted octanol–water partition coefficient (Wildman–Crippen LogP) is 4.98. The molecule has 0 aliphatic carbocycles. The molecule has 0 radical (unpaired) electrons. The molecular formula is C20H14Cl2N4O. The van der Waals surface area contributed by atoms with Crippen LogP contribution in [0.3, 0.4) is 0 Å². The Morgan fingerprint density at radius 2 is 1.63 bits per heavy atom. The standard InChI is InChI=1S/C20H14Cl2N4O/c1-25(16-9-7-15(22)8-10-16)19(27)18-17(13-3-5-14(21)6-4-13)24-20-23-11-2-12-26(18)20/h2-12H,1H3. The van der Waals surface area contributed by atoms with Gasteiger partial charge in [-0.1, -0.05) is 35.3 Å². The van der Waals surface area contributed by atoms with Crippen molar-refractivity contribution in [2.24, 2.45) is 0 Å². The monoisotopic (exact) mass is 396 g/mol. The first-order chi connectivity index (χ1) is 13.0. The third-order valence-electron chi connectivity index (χ3n) is 4.24. The molecule has 134 valence electrons. The fourth-order valence-electron chi connectivity index (χ4n) is 2.84. The highest BCUT2D eigenvalue weighted by atomic mass is 35.5. The summed E-state index contributed by atoms with van der Waals surface area (Å²) in [5, 5.41) is 1.23. The van der Waals surface area contributed by atoms with Crippen molar-refractivity contribution in [3.8, 4) is 11.3 Å². The molecule has 4 rings (SSSR count). The van der Waals surface area contributed by atoms with Crippen LogP contribution in [0.25, 0.3) is 17.0 Å². The van der Waals surface area contributed by atoms with E-state index in [-0.39, 0.29) is 5.91 Å². The summed E-state index contributed by atoms with van der Waals surface area (Å²) in [5.74, 6) is 0.248. The van der Waals surface area contributed by atoms with Crippen LogP contribution in [-0.2, 0) is 0 Å². The molecule has 0 atom stereocenters. The van der Waals surface area contributed by atoms with Gasteiger partial charge in [0.05, 0.1) is 0 Å². The minimum atomic E-state index is -0.206. The molecule has 0 N–H and O–H groups in total. The van der Waals surface area contributed by atoms with Crippen molar-refractivity contribution >= 4 is 40.6 Å². The lowest BCUT2D eigenvalue weighted by atomic mass is 10.1. The smallest absolute Gasteiger partial charge is 0.277 e. The van der Waals surface area contributed by atoms with Gasteiger partial charge in [-0.05, 0) is 42.5 Å². The Labute approximate surface area is 165 Å². The van der Waals surface area contributed by atoms with Gasteiger partial charge >= 0.3 is 0 Å². The number of hydrogen-bond acceptors (Lipinski definition) is 3. The van der Waals surface area contributed by atoms with Crippen molar-refractivity contribution in [2.45, 2.75) is 0 Å². The minimum Gasteiger partial charge on any atom is -0.310 e. The molecule has 4 aromatic rings. The van der Waals surface area contributed by atoms with Crippen LogP contribution in [0.5, 0.6) is 0 Å². The molecule has 0 bridgehead atoms. The molecule has 27 heavy (non-hydrogen) atoms. The zero-order valence-electron chi connectivity index (χ0n) is 14.3. The summed E-state index contributed by atoms with van der Waals surface area (Å²) in [5.41, 5.74) is 2.50. The number of aromatic nitrogens is 3. The highest BCUT2D eigenvalue weighted by molar-refractivity contribution is 6.31. The third kappa shape index (κ3) is 3.27. The lowest BCUT2D eigenvalue weighted by Gasteiger charge is -2.18. The molecule has 0 saturated heterocycles. The molecule has 0 saturated carbocycles. The number of carbonyl (C=O) groups is 1. The van der Waals surface area contributed by atoms with Crippen LogP contribution in [0.1, 0.15) is 10.5 Å². The molecule has 0 aliphatic rings. The molecular weight excluding hydrogens is 383 g/mol. The number of hydrogen-bond donors (Lipinski definition) is 0. The second-order valence-corrected chi connectivity index (χ2v) is 6.82. The lowest BCUT2D eigenvalue weighted by Crippen LogP contribution is -2.28. The molecule has 0 spiro atoms. The van der Waals surface area contributed by atoms with Gasteiger partial charge in [-0.15, -0.1) is 0 Å². The number of nitrogens with zero attached hydrogens (tertiary/aromatic N) is 4. The van der Waals surface area contributed by atoms with E-state index in [0.29, 0.717) is 27.2 Å². The van der Waals surface area contributed by atoms with Gasteiger partial charge in [-0.3, -0.25) is 9.20 Å². The van der Waals surface area contributed by atoms with E-state index in [2.05, 4.69) is 9.97 Å². The van der Waals surface area contributed by atoms with Crippen LogP contribution in [0.15, 0.2) is 67.0 Å². The Kier molecular flexibility index (Phi) is 4.56. The van der Waals surface area contributed by atoms with Crippen molar-refractivity contribution in [3.63, 3.8) is 0 Å². The summed E-state index contributed by atoms with van der Waals surface area (Å²) in [4.78, 5) is 23.7. The first-order valence-corrected chi connectivity index (χ1v) is 8.93. The Morgan fingerprint density at radius 3 is 2.30 bits per heavy atom. The van der Waals surface area contributed by atoms with Crippen LogP contribution >= 0.6 is 23.2 Å². The number of imidazole rings is 1. The van der Waals surface area contributed by atoms with Gasteiger partial charge in [-0.25, -0.2) is 9.97 Å². The topological polar surface area (TPSA) is 50.5 Å². The molecule has 0 aliphatic heterocycles. The second kappa shape index (κ2) is 7.02. The van der Waals surface area contributed by atoms with Gasteiger partial charge in [0.1, 0.15) is 11.4 Å². The molecule has 0 fully saturated rings. The van der Waals surface area contributed by atoms with Crippen molar-refractivity contribution in [1.82, 2.24) is 14.4 Å². The number of rotatable bonds is 3. The third-order valence-corrected chi connectivity index (χ3v) is 4.75. The molecule has 2 aromatic carbocycles. The number of halogens is 2. The van der Waals surface area contributed by atoms with Gasteiger partial charge in [0, 0.05) is 40.7 Å². The maximum absolute atomic E-state index is 13.3. The molecule has 5 nitrogen and oxygen atoms in total. The number of amides is 1. The number of benzene rings is 2. The van der Waals surface area contributed by atoms with Crippen LogP contribution in [0.2, 0.25) is 10.0 Å². The molecule has 2 heterocycles. The largest absolute Gasteiger partial charge is 0.310 e. The SMILES string of the molecule is CN(C(=O)c1c(-c2ccc(Cl)cc2)nc2ncccn12)c1ccc(Cl)cc1. The molecule has 1 amide bonds. The van der Waals surface area contributed by atoms with Crippen LogP contribution in [-0.4, -0.2) is 27.3 Å². The maximum atomic E-state index is 13.3. The Balaban J connectivity index is 1.86. The van der Waals surface area contributed by atoms with Crippen molar-refractivity contribution in [1.29, 1.82) is 0 Å². The average Bonchev–Trinajstić information content (AvgIpc) is 3.07. The van der Waals surface area contributed by atoms with E-state index in [9.17, 15) is 4.79 Å². The highest BCUT2D eigenvalue weighted by Crippen LogP contribution is 2.27. The van der Waals surface area contributed by atoms with E-state index >= 15 is 0 Å². The number of anilines is 1. The van der Waals surface area contributed by atoms with Crippen LogP contribution in [0.4, 0.5) is 5.69 Å². The van der Waals surface area contributed by atoms with Crippen molar-refractivity contribution in [3.05, 3.63) is 82.7 Å². The highest BCUT2D eigenvalue weighted by Gasteiger charge is 2.24. The summed E-state index contributed by atoms with van der Waals surface area (Å²) in [6.07, 6.45) is 3.42. The fraction of sp³-hybridized carbons (Fsp3) is 0.0500. The van der Waals surface area contributed by atoms with Gasteiger partial charge in [-0.2, -0.15) is 0 Å². The van der Waals surface area contributed by atoms with Gasteiger partial charge in [0.25, 0.3) is 5.91 Å². The average molecular weight is 397 g/mol. The maximum Gasteiger partial charge on any atom is 0.277 e. The summed E-state index contributed by atoms with van der Waals surface area (Å²) in [7, 11) is 1.72. The molecule has 7 heteroatoms. The first-order valence-electron chi connectivity index (χ1n) is 8.17. The predicted molar refractivity (Wildman–Crippen MR) is 108 cm³/mol. The normalized spacial score (nSPS) is 10.9.